The lowest BCUT2D eigenvalue weighted by molar-refractivity contribution is 1.28. The molecule has 0 amide bonds. The van der Waals surface area contributed by atoms with Gasteiger partial charge in [-0.05, 0) is 82.4 Å². The lowest BCUT2D eigenvalue weighted by Gasteiger charge is -2.25. The second-order valence-electron chi connectivity index (χ2n) is 8.45. The number of para-hydroxylation sites is 2. The third kappa shape index (κ3) is 5.68. The summed E-state index contributed by atoms with van der Waals surface area (Å²) in [5.74, 6) is 0. The monoisotopic (exact) mass is 469 g/mol. The van der Waals surface area contributed by atoms with Crippen LogP contribution in [0.3, 0.4) is 0 Å². The maximum atomic E-state index is 2.28. The highest BCUT2D eigenvalue weighted by molar-refractivity contribution is 7.08. The molecule has 1 aromatic heterocycles. The summed E-state index contributed by atoms with van der Waals surface area (Å²) in [7, 11) is 0. The normalized spacial score (nSPS) is 11.3. The van der Waals surface area contributed by atoms with Crippen molar-refractivity contribution in [1.29, 1.82) is 0 Å². The topological polar surface area (TPSA) is 3.24 Å². The number of benzene rings is 4. The van der Waals surface area contributed by atoms with Crippen molar-refractivity contribution in [2.45, 2.75) is 6.92 Å². The van der Waals surface area contributed by atoms with Crippen molar-refractivity contribution in [3.8, 4) is 0 Å². The van der Waals surface area contributed by atoms with Gasteiger partial charge in [0.1, 0.15) is 0 Å². The van der Waals surface area contributed by atoms with Gasteiger partial charge in [-0.25, -0.2) is 0 Å². The molecule has 0 unspecified atom stereocenters. The third-order valence-electron chi connectivity index (χ3n) is 5.88. The minimum Gasteiger partial charge on any atom is -0.311 e. The Morgan fingerprint density at radius 3 is 1.77 bits per heavy atom. The van der Waals surface area contributed by atoms with Crippen LogP contribution >= 0.6 is 11.3 Å². The number of rotatable bonds is 7. The van der Waals surface area contributed by atoms with E-state index >= 15 is 0 Å². The second-order valence-corrected chi connectivity index (χ2v) is 9.23. The van der Waals surface area contributed by atoms with E-state index in [2.05, 4.69) is 156 Å². The lowest BCUT2D eigenvalue weighted by Crippen LogP contribution is -2.09. The maximum Gasteiger partial charge on any atom is 0.0462 e. The largest absolute Gasteiger partial charge is 0.311 e. The highest BCUT2D eigenvalue weighted by atomic mass is 32.1. The summed E-state index contributed by atoms with van der Waals surface area (Å²) in [4.78, 5) is 2.28. The highest BCUT2D eigenvalue weighted by Gasteiger charge is 2.11. The molecule has 0 N–H and O–H groups in total. The van der Waals surface area contributed by atoms with Crippen molar-refractivity contribution in [2.75, 3.05) is 4.90 Å². The standard InChI is InChI=1S/C33H27NS/c1-26-12-17-29(30(24-26)19-14-28-22-23-35-25-28)18-13-27-15-20-33(21-16-27)34(31-8-4-2-5-9-31)32-10-6-3-7-11-32/h2-25H,1H3/b18-13+,19-14+. The van der Waals surface area contributed by atoms with Crippen LogP contribution in [0.1, 0.15) is 27.8 Å². The molecule has 0 atom stereocenters. The predicted molar refractivity (Wildman–Crippen MR) is 154 cm³/mol. The molecular weight excluding hydrogens is 442 g/mol. The van der Waals surface area contributed by atoms with Crippen molar-refractivity contribution < 1.29 is 0 Å². The van der Waals surface area contributed by atoms with E-state index < -0.39 is 0 Å². The molecule has 1 nitrogen and oxygen atoms in total. The Kier molecular flexibility index (Phi) is 7.02. The molecule has 0 spiro atoms. The Labute approximate surface area is 212 Å². The summed E-state index contributed by atoms with van der Waals surface area (Å²) >= 11 is 1.72. The van der Waals surface area contributed by atoms with Gasteiger partial charge in [0.05, 0.1) is 0 Å². The number of thiophene rings is 1. The molecule has 5 aromatic rings. The number of aryl methyl sites for hydroxylation is 1. The van der Waals surface area contributed by atoms with Crippen LogP contribution in [0.4, 0.5) is 17.1 Å². The summed E-state index contributed by atoms with van der Waals surface area (Å²) in [6, 6.07) is 38.5. The van der Waals surface area contributed by atoms with Crippen molar-refractivity contribution >= 4 is 52.7 Å². The van der Waals surface area contributed by atoms with Crippen LogP contribution in [-0.2, 0) is 0 Å². The van der Waals surface area contributed by atoms with Gasteiger partial charge in [0.2, 0.25) is 0 Å². The SMILES string of the molecule is Cc1ccc(/C=C/c2ccc(N(c3ccccc3)c3ccccc3)cc2)c(/C=C/c2ccsc2)c1. The van der Waals surface area contributed by atoms with Gasteiger partial charge in [0.15, 0.2) is 0 Å². The second kappa shape index (κ2) is 10.9. The van der Waals surface area contributed by atoms with Crippen molar-refractivity contribution in [2.24, 2.45) is 0 Å². The molecule has 5 rings (SSSR count). The molecule has 2 heteroatoms. The van der Waals surface area contributed by atoms with Gasteiger partial charge in [-0.1, -0.05) is 96.6 Å². The van der Waals surface area contributed by atoms with Crippen LogP contribution in [0.2, 0.25) is 0 Å². The Morgan fingerprint density at radius 2 is 1.14 bits per heavy atom. The van der Waals surface area contributed by atoms with Crippen LogP contribution in [0.15, 0.2) is 120 Å². The fourth-order valence-electron chi connectivity index (χ4n) is 4.07. The van der Waals surface area contributed by atoms with E-state index in [0.717, 1.165) is 17.1 Å². The van der Waals surface area contributed by atoms with Gasteiger partial charge in [-0.3, -0.25) is 0 Å². The first-order chi connectivity index (χ1) is 17.3. The minimum atomic E-state index is 1.13. The van der Waals surface area contributed by atoms with Gasteiger partial charge in [-0.15, -0.1) is 0 Å². The molecule has 0 radical (unpaired) electrons. The molecule has 0 saturated carbocycles. The summed E-state index contributed by atoms with van der Waals surface area (Å²) in [6.45, 7) is 2.14. The molecule has 0 aliphatic carbocycles. The summed E-state index contributed by atoms with van der Waals surface area (Å²) in [5, 5.41) is 4.27. The molecule has 170 valence electrons. The smallest absolute Gasteiger partial charge is 0.0462 e. The third-order valence-corrected chi connectivity index (χ3v) is 6.58. The molecule has 4 aromatic carbocycles. The van der Waals surface area contributed by atoms with E-state index in [9.17, 15) is 0 Å². The molecule has 0 fully saturated rings. The molecule has 0 aliphatic rings. The van der Waals surface area contributed by atoms with Crippen molar-refractivity contribution in [3.63, 3.8) is 0 Å². The quantitative estimate of drug-likeness (QED) is 0.214. The number of hydrogen-bond donors (Lipinski definition) is 0. The van der Waals surface area contributed by atoms with E-state index in [1.807, 2.05) is 0 Å². The molecule has 1 heterocycles. The number of anilines is 3. The molecule has 0 saturated heterocycles. The Hall–Kier alpha value is -4.14. The predicted octanol–water partition coefficient (Wildman–Crippen LogP) is 9.87. The zero-order valence-corrected chi connectivity index (χ0v) is 20.5. The summed E-state index contributed by atoms with van der Waals surface area (Å²) < 4.78 is 0. The number of nitrogens with zero attached hydrogens (tertiary/aromatic N) is 1. The zero-order valence-electron chi connectivity index (χ0n) is 19.7. The van der Waals surface area contributed by atoms with Gasteiger partial charge >= 0.3 is 0 Å². The highest BCUT2D eigenvalue weighted by Crippen LogP contribution is 2.34. The van der Waals surface area contributed by atoms with E-state index in [4.69, 9.17) is 0 Å². The molecular formula is C33H27NS. The van der Waals surface area contributed by atoms with Crippen molar-refractivity contribution in [3.05, 3.63) is 148 Å². The van der Waals surface area contributed by atoms with Crippen LogP contribution < -0.4 is 4.90 Å². The van der Waals surface area contributed by atoms with E-state index in [1.54, 1.807) is 11.3 Å². The van der Waals surface area contributed by atoms with Gasteiger partial charge < -0.3 is 4.90 Å². The van der Waals surface area contributed by atoms with Crippen LogP contribution in [0.25, 0.3) is 24.3 Å². The first kappa shape index (κ1) is 22.6. The van der Waals surface area contributed by atoms with E-state index in [0.29, 0.717) is 0 Å². The zero-order chi connectivity index (χ0) is 23.9. The van der Waals surface area contributed by atoms with Crippen LogP contribution in [-0.4, -0.2) is 0 Å². The maximum absolute atomic E-state index is 2.28. The Bertz CT molecular complexity index is 1370. The van der Waals surface area contributed by atoms with Gasteiger partial charge in [0.25, 0.3) is 0 Å². The molecule has 0 bridgehead atoms. The molecule has 0 aliphatic heterocycles. The number of hydrogen-bond acceptors (Lipinski definition) is 2. The summed E-state index contributed by atoms with van der Waals surface area (Å²) in [6.07, 6.45) is 8.77. The van der Waals surface area contributed by atoms with Crippen LogP contribution in [0, 0.1) is 6.92 Å². The first-order valence-corrected chi connectivity index (χ1v) is 12.7. The van der Waals surface area contributed by atoms with Gasteiger partial charge in [-0.2, -0.15) is 11.3 Å². The average molecular weight is 470 g/mol. The summed E-state index contributed by atoms with van der Waals surface area (Å²) in [5.41, 5.74) is 9.52. The fraction of sp³-hybridized carbons (Fsp3) is 0.0303. The van der Waals surface area contributed by atoms with Crippen LogP contribution in [0.5, 0.6) is 0 Å². The average Bonchev–Trinajstić information content (AvgIpc) is 3.43. The van der Waals surface area contributed by atoms with E-state index in [-0.39, 0.29) is 0 Å². The van der Waals surface area contributed by atoms with E-state index in [1.165, 1.54) is 27.8 Å². The Balaban J connectivity index is 1.41. The lowest BCUT2D eigenvalue weighted by atomic mass is 10.0. The minimum absolute atomic E-state index is 1.13. The van der Waals surface area contributed by atoms with Gasteiger partial charge in [0, 0.05) is 17.1 Å². The molecule has 35 heavy (non-hydrogen) atoms. The first-order valence-electron chi connectivity index (χ1n) is 11.8. The Morgan fingerprint density at radius 1 is 0.543 bits per heavy atom. The van der Waals surface area contributed by atoms with Crippen molar-refractivity contribution in [1.82, 2.24) is 0 Å². The fourth-order valence-corrected chi connectivity index (χ4v) is 4.70.